The maximum absolute atomic E-state index is 13.1. The second kappa shape index (κ2) is 15.1. The molecule has 4 rings (SSSR count). The summed E-state index contributed by atoms with van der Waals surface area (Å²) < 4.78 is 13.4. The summed E-state index contributed by atoms with van der Waals surface area (Å²) in [6.45, 7) is 0. The third-order valence-electron chi connectivity index (χ3n) is 6.09. The lowest BCUT2D eigenvalue weighted by molar-refractivity contribution is -0.111. The first-order chi connectivity index (χ1) is 20.3. The van der Waals surface area contributed by atoms with Crippen molar-refractivity contribution in [2.75, 3.05) is 16.4 Å². The van der Waals surface area contributed by atoms with Crippen LogP contribution in [0.5, 0.6) is 11.5 Å². The van der Waals surface area contributed by atoms with Crippen LogP contribution in [0.3, 0.4) is 0 Å². The SMILES string of the molecule is Nc1ccccc1NC(=O)/C=C/CC[C@@H](Oc1ccccc1)[C@H](OC(=O)Nc1ccccc1)c1cc(Br)cc(Br)c1O. The molecule has 10 heteroatoms. The molecule has 0 aliphatic carbocycles. The van der Waals surface area contributed by atoms with Gasteiger partial charge >= 0.3 is 6.09 Å². The third kappa shape index (κ3) is 8.86. The number of allylic oxidation sites excluding steroid dienone is 1. The first kappa shape index (κ1) is 30.7. The van der Waals surface area contributed by atoms with Gasteiger partial charge in [0.25, 0.3) is 0 Å². The number of anilines is 3. The fourth-order valence-corrected chi connectivity index (χ4v) is 5.37. The van der Waals surface area contributed by atoms with Crippen molar-refractivity contribution in [3.8, 4) is 11.5 Å². The van der Waals surface area contributed by atoms with Crippen molar-refractivity contribution in [2.45, 2.75) is 25.0 Å². The highest BCUT2D eigenvalue weighted by atomic mass is 79.9. The number of aromatic hydroxyl groups is 1. The largest absolute Gasteiger partial charge is 0.506 e. The van der Waals surface area contributed by atoms with Crippen LogP contribution in [0.2, 0.25) is 0 Å². The van der Waals surface area contributed by atoms with E-state index in [0.29, 0.717) is 50.2 Å². The predicted octanol–water partition coefficient (Wildman–Crippen LogP) is 8.21. The molecule has 0 heterocycles. The van der Waals surface area contributed by atoms with Crippen molar-refractivity contribution in [1.82, 2.24) is 0 Å². The zero-order valence-electron chi connectivity index (χ0n) is 22.4. The van der Waals surface area contributed by atoms with Crippen molar-refractivity contribution < 1.29 is 24.2 Å². The first-order valence-electron chi connectivity index (χ1n) is 13.0. The van der Waals surface area contributed by atoms with Crippen LogP contribution in [-0.4, -0.2) is 23.2 Å². The van der Waals surface area contributed by atoms with E-state index in [2.05, 4.69) is 42.5 Å². The van der Waals surface area contributed by atoms with Crippen molar-refractivity contribution in [1.29, 1.82) is 0 Å². The fraction of sp³-hybridized carbons (Fsp3) is 0.125. The minimum atomic E-state index is -1.03. The molecular formula is C32H29Br2N3O5. The summed E-state index contributed by atoms with van der Waals surface area (Å²) in [5.74, 6) is 0.124. The summed E-state index contributed by atoms with van der Waals surface area (Å²) in [6.07, 6.45) is 1.33. The van der Waals surface area contributed by atoms with Crippen LogP contribution in [0, 0.1) is 0 Å². The number of para-hydroxylation sites is 4. The summed E-state index contributed by atoms with van der Waals surface area (Å²) >= 11 is 6.83. The molecule has 8 nitrogen and oxygen atoms in total. The van der Waals surface area contributed by atoms with E-state index in [9.17, 15) is 14.7 Å². The Labute approximate surface area is 260 Å². The van der Waals surface area contributed by atoms with E-state index in [1.165, 1.54) is 6.08 Å². The molecule has 0 radical (unpaired) electrons. The number of hydrogen-bond acceptors (Lipinski definition) is 6. The molecule has 42 heavy (non-hydrogen) atoms. The number of ether oxygens (including phenoxy) is 2. The molecule has 0 saturated carbocycles. The van der Waals surface area contributed by atoms with Crippen LogP contribution in [0.4, 0.5) is 21.9 Å². The van der Waals surface area contributed by atoms with Gasteiger partial charge in [0, 0.05) is 15.7 Å². The Kier molecular flexibility index (Phi) is 11.0. The maximum Gasteiger partial charge on any atom is 0.412 e. The third-order valence-corrected chi connectivity index (χ3v) is 7.15. The molecule has 216 valence electrons. The van der Waals surface area contributed by atoms with Crippen LogP contribution < -0.4 is 21.1 Å². The summed E-state index contributed by atoms with van der Waals surface area (Å²) in [5.41, 5.74) is 7.79. The summed E-state index contributed by atoms with van der Waals surface area (Å²) in [5, 5.41) is 16.5. The number of phenols is 1. The topological polar surface area (TPSA) is 123 Å². The van der Waals surface area contributed by atoms with Gasteiger partial charge in [0.05, 0.1) is 15.8 Å². The van der Waals surface area contributed by atoms with E-state index in [-0.39, 0.29) is 11.7 Å². The summed E-state index contributed by atoms with van der Waals surface area (Å²) in [4.78, 5) is 25.6. The molecule has 0 spiro atoms. The van der Waals surface area contributed by atoms with Gasteiger partial charge in [-0.3, -0.25) is 10.1 Å². The van der Waals surface area contributed by atoms with Gasteiger partial charge in [0.15, 0.2) is 6.10 Å². The fourth-order valence-electron chi connectivity index (χ4n) is 4.11. The van der Waals surface area contributed by atoms with E-state index < -0.39 is 18.3 Å². The molecule has 0 unspecified atom stereocenters. The van der Waals surface area contributed by atoms with Crippen molar-refractivity contribution in [2.24, 2.45) is 0 Å². The molecule has 0 aliphatic heterocycles. The molecule has 4 aromatic rings. The lowest BCUT2D eigenvalue weighted by Gasteiger charge is -2.29. The highest BCUT2D eigenvalue weighted by molar-refractivity contribution is 9.11. The van der Waals surface area contributed by atoms with Crippen molar-refractivity contribution in [3.05, 3.63) is 124 Å². The van der Waals surface area contributed by atoms with Gasteiger partial charge in [-0.2, -0.15) is 0 Å². The Balaban J connectivity index is 1.59. The Morgan fingerprint density at radius 2 is 1.57 bits per heavy atom. The molecule has 5 N–H and O–H groups in total. The van der Waals surface area contributed by atoms with Gasteiger partial charge in [-0.1, -0.05) is 70.5 Å². The number of rotatable bonds is 11. The lowest BCUT2D eigenvalue weighted by Crippen LogP contribution is -2.31. The molecule has 0 saturated heterocycles. The smallest absolute Gasteiger partial charge is 0.412 e. The minimum absolute atomic E-state index is 0.0901. The zero-order chi connectivity index (χ0) is 29.9. The quantitative estimate of drug-likeness (QED) is 0.0927. The molecule has 2 atom stereocenters. The molecule has 0 fully saturated rings. The Hall–Kier alpha value is -4.28. The van der Waals surface area contributed by atoms with Crippen LogP contribution in [0.15, 0.2) is 118 Å². The van der Waals surface area contributed by atoms with Gasteiger partial charge in [0.2, 0.25) is 5.91 Å². The van der Waals surface area contributed by atoms with Gasteiger partial charge in [0.1, 0.15) is 17.6 Å². The minimum Gasteiger partial charge on any atom is -0.506 e. The number of phenolic OH excluding ortho intramolecular Hbond substituents is 1. The highest BCUT2D eigenvalue weighted by Gasteiger charge is 2.32. The number of hydrogen-bond donors (Lipinski definition) is 4. The van der Waals surface area contributed by atoms with E-state index in [0.717, 1.165) is 0 Å². The second-order valence-corrected chi connectivity index (χ2v) is 10.9. The number of benzene rings is 4. The van der Waals surface area contributed by atoms with Gasteiger partial charge < -0.3 is 25.6 Å². The summed E-state index contributed by atoms with van der Waals surface area (Å²) in [7, 11) is 0. The number of nitrogen functional groups attached to an aromatic ring is 1. The lowest BCUT2D eigenvalue weighted by atomic mass is 9.99. The Bertz CT molecular complexity index is 1530. The summed E-state index contributed by atoms with van der Waals surface area (Å²) in [6, 6.07) is 28.3. The second-order valence-electron chi connectivity index (χ2n) is 9.17. The normalized spacial score (nSPS) is 12.3. The number of halogens is 2. The Morgan fingerprint density at radius 1 is 0.905 bits per heavy atom. The van der Waals surface area contributed by atoms with Gasteiger partial charge in [-0.05, 0) is 83.4 Å². The van der Waals surface area contributed by atoms with Gasteiger partial charge in [-0.15, -0.1) is 0 Å². The number of carbonyl (C=O) groups excluding carboxylic acids is 2. The van der Waals surface area contributed by atoms with Crippen LogP contribution in [0.25, 0.3) is 0 Å². The standard InChI is InChI=1S/C32H29Br2N3O5/c33-21-19-24(30(39)25(34)20-21)31(42-32(40)36-22-11-3-1-4-12-22)28(41-23-13-5-2-6-14-23)17-9-10-18-29(38)37-27-16-8-7-15-26(27)35/h1-8,10-16,18-20,28,31,39H,9,17,35H2,(H,36,40)(H,37,38)/b18-10+/t28-,31-/m1/s1. The van der Waals surface area contributed by atoms with E-state index >= 15 is 0 Å². The van der Waals surface area contributed by atoms with E-state index in [1.807, 2.05) is 24.3 Å². The highest BCUT2D eigenvalue weighted by Crippen LogP contribution is 2.40. The molecule has 4 aromatic carbocycles. The van der Waals surface area contributed by atoms with Crippen molar-refractivity contribution >= 4 is 60.9 Å². The average molecular weight is 695 g/mol. The number of amides is 2. The zero-order valence-corrected chi connectivity index (χ0v) is 25.5. The first-order valence-corrected chi connectivity index (χ1v) is 14.6. The number of nitrogens with one attached hydrogen (secondary N) is 2. The van der Waals surface area contributed by atoms with E-state index in [4.69, 9.17) is 15.2 Å². The molecule has 0 aromatic heterocycles. The monoisotopic (exact) mass is 693 g/mol. The number of carbonyl (C=O) groups is 2. The molecule has 0 aliphatic rings. The van der Waals surface area contributed by atoms with E-state index in [1.54, 1.807) is 78.9 Å². The number of nitrogens with two attached hydrogens (primary N) is 1. The van der Waals surface area contributed by atoms with Crippen LogP contribution >= 0.6 is 31.9 Å². The molecule has 0 bridgehead atoms. The maximum atomic E-state index is 13.1. The van der Waals surface area contributed by atoms with Crippen molar-refractivity contribution in [3.63, 3.8) is 0 Å². The average Bonchev–Trinajstić information content (AvgIpc) is 2.98. The Morgan fingerprint density at radius 3 is 2.29 bits per heavy atom. The van der Waals surface area contributed by atoms with Gasteiger partial charge in [-0.25, -0.2) is 4.79 Å². The van der Waals surface area contributed by atoms with Crippen LogP contribution in [0.1, 0.15) is 24.5 Å². The molecular weight excluding hydrogens is 666 g/mol. The molecule has 2 amide bonds. The van der Waals surface area contributed by atoms with Crippen LogP contribution in [-0.2, 0) is 9.53 Å². The predicted molar refractivity (Wildman–Crippen MR) is 172 cm³/mol.